The Kier molecular flexibility index (Phi) is 5.34. The molecule has 0 spiro atoms. The zero-order chi connectivity index (χ0) is 16.1. The van der Waals surface area contributed by atoms with Crippen LogP contribution in [0.3, 0.4) is 0 Å². The van der Waals surface area contributed by atoms with Crippen molar-refractivity contribution in [1.82, 2.24) is 0 Å². The van der Waals surface area contributed by atoms with Gasteiger partial charge in [-0.1, -0.05) is 0 Å². The molecule has 0 radical (unpaired) electrons. The number of carboxylic acid groups (broad SMARTS) is 1. The van der Waals surface area contributed by atoms with Gasteiger partial charge < -0.3 is 0 Å². The fourth-order valence-corrected chi connectivity index (χ4v) is 5.29. The normalized spacial score (nSPS) is 12.4. The van der Waals surface area contributed by atoms with Gasteiger partial charge in [-0.05, 0) is 0 Å². The van der Waals surface area contributed by atoms with E-state index in [-0.39, 0.29) is 11.3 Å². The van der Waals surface area contributed by atoms with Gasteiger partial charge in [0.05, 0.1) is 0 Å². The first-order valence-corrected chi connectivity index (χ1v) is 9.12. The Morgan fingerprint density at radius 3 is 2.50 bits per heavy atom. The van der Waals surface area contributed by atoms with Crippen molar-refractivity contribution in [2.24, 2.45) is 0 Å². The van der Waals surface area contributed by atoms with E-state index in [1.54, 1.807) is 6.07 Å². The van der Waals surface area contributed by atoms with Crippen LogP contribution < -0.4 is 4.35 Å². The molecule has 0 aliphatic heterocycles. The summed E-state index contributed by atoms with van der Waals surface area (Å²) in [6.45, 7) is 2.08. The molecule has 1 N–H and O–H groups in total. The zero-order valence-electron chi connectivity index (χ0n) is 12.0. The predicted octanol–water partition coefficient (Wildman–Crippen LogP) is 2.51. The molecule has 0 amide bonds. The van der Waals surface area contributed by atoms with Crippen LogP contribution in [0, 0.1) is 10.1 Å². The van der Waals surface area contributed by atoms with Crippen molar-refractivity contribution < 1.29 is 14.8 Å². The van der Waals surface area contributed by atoms with Crippen LogP contribution in [0.5, 0.6) is 0 Å². The van der Waals surface area contributed by atoms with E-state index in [2.05, 4.69) is 6.92 Å². The number of nitro benzene ring substituents is 1. The fraction of sp³-hybridized carbons (Fsp3) is 0.188. The van der Waals surface area contributed by atoms with Crippen LogP contribution in [0.2, 0.25) is 0 Å². The van der Waals surface area contributed by atoms with Crippen LogP contribution in [-0.4, -0.2) is 31.8 Å². The van der Waals surface area contributed by atoms with Gasteiger partial charge in [0.15, 0.2) is 0 Å². The number of rotatable bonds is 6. The van der Waals surface area contributed by atoms with E-state index in [4.69, 9.17) is 0 Å². The third kappa shape index (κ3) is 3.74. The minimum absolute atomic E-state index is 0.0589. The second-order valence-electron chi connectivity index (χ2n) is 4.81. The zero-order valence-corrected chi connectivity index (χ0v) is 14.1. The third-order valence-corrected chi connectivity index (χ3v) is 7.24. The molecular weight excluding hydrogens is 345 g/mol. The van der Waals surface area contributed by atoms with Gasteiger partial charge in [0.2, 0.25) is 0 Å². The maximum absolute atomic E-state index is 11.4. The van der Waals surface area contributed by atoms with Crippen molar-refractivity contribution in [2.75, 3.05) is 0 Å². The fourth-order valence-electron chi connectivity index (χ4n) is 2.24. The molecule has 114 valence electrons. The van der Waals surface area contributed by atoms with E-state index in [1.165, 1.54) is 17.7 Å². The molecular formula is C16H16AsNO4. The van der Waals surface area contributed by atoms with Crippen LogP contribution in [0.1, 0.15) is 34.0 Å². The van der Waals surface area contributed by atoms with Gasteiger partial charge in [-0.15, -0.1) is 0 Å². The van der Waals surface area contributed by atoms with Gasteiger partial charge in [-0.25, -0.2) is 0 Å². The number of non-ortho nitro benzene ring substituents is 1. The topological polar surface area (TPSA) is 80.4 Å². The van der Waals surface area contributed by atoms with E-state index >= 15 is 0 Å². The Balaban J connectivity index is 2.35. The minimum atomic E-state index is -1.11. The van der Waals surface area contributed by atoms with Crippen molar-refractivity contribution in [3.8, 4) is 0 Å². The average Bonchev–Trinajstić information content (AvgIpc) is 2.53. The molecule has 2 rings (SSSR count). The molecule has 0 aromatic heterocycles. The summed E-state index contributed by atoms with van der Waals surface area (Å²) in [5.41, 5.74) is 1.07. The number of benzene rings is 2. The van der Waals surface area contributed by atoms with Gasteiger partial charge in [-0.3, -0.25) is 0 Å². The Hall–Kier alpha value is -2.13. The summed E-state index contributed by atoms with van der Waals surface area (Å²) in [5.74, 6) is -1.11. The van der Waals surface area contributed by atoms with Gasteiger partial charge in [0.25, 0.3) is 0 Å². The van der Waals surface area contributed by atoms with Crippen LogP contribution >= 0.6 is 0 Å². The maximum atomic E-state index is 11.4. The molecule has 0 aliphatic rings. The summed E-state index contributed by atoms with van der Waals surface area (Å²) in [7, 11) is 0. The average molecular weight is 361 g/mol. The number of carbonyl (C=O) groups is 1. The van der Waals surface area contributed by atoms with Gasteiger partial charge in [0.1, 0.15) is 0 Å². The van der Waals surface area contributed by atoms with Crippen LogP contribution in [0.25, 0.3) is 0 Å². The first kappa shape index (κ1) is 16.2. The number of nitrogens with zero attached hydrogens (tertiary/aromatic N) is 1. The van der Waals surface area contributed by atoms with Crippen molar-refractivity contribution in [3.63, 3.8) is 0 Å². The van der Waals surface area contributed by atoms with E-state index in [0.717, 1.165) is 10.8 Å². The molecule has 0 fully saturated rings. The molecule has 0 heterocycles. The van der Waals surface area contributed by atoms with Crippen molar-refractivity contribution >= 4 is 31.8 Å². The molecule has 6 heteroatoms. The summed E-state index contributed by atoms with van der Waals surface area (Å²) < 4.78 is 1.05. The summed E-state index contributed by atoms with van der Waals surface area (Å²) in [4.78, 5) is 21.6. The van der Waals surface area contributed by atoms with Crippen LogP contribution in [0.15, 0.2) is 48.5 Å². The van der Waals surface area contributed by atoms with Crippen molar-refractivity contribution in [3.05, 3.63) is 69.8 Å². The van der Waals surface area contributed by atoms with Crippen molar-refractivity contribution in [1.29, 1.82) is 0 Å². The first-order chi connectivity index (χ1) is 10.5. The van der Waals surface area contributed by atoms with Crippen LogP contribution in [-0.2, 0) is 0 Å². The number of carboxylic acids is 1. The molecule has 0 saturated heterocycles. The summed E-state index contributed by atoms with van der Waals surface area (Å²) in [5, 5.41) is 20.1. The summed E-state index contributed by atoms with van der Waals surface area (Å²) in [6, 6.07) is 14.1. The SMILES string of the molecule is CCC([AsH]c1ccc([N+](=O)[O-])cc1C(=O)O)c1ccccc1. The molecule has 0 bridgehead atoms. The summed E-state index contributed by atoms with van der Waals surface area (Å²) in [6.07, 6.45) is 0.917. The van der Waals surface area contributed by atoms with Crippen molar-refractivity contribution in [2.45, 2.75) is 18.1 Å². The number of hydrogen-bond donors (Lipinski definition) is 1. The number of aromatic carboxylic acids is 1. The van der Waals surface area contributed by atoms with E-state index in [0.29, 0.717) is 4.71 Å². The van der Waals surface area contributed by atoms with Gasteiger partial charge in [0, 0.05) is 0 Å². The molecule has 2 unspecified atom stereocenters. The molecule has 2 aromatic rings. The van der Waals surface area contributed by atoms with Gasteiger partial charge in [-0.2, -0.15) is 0 Å². The second kappa shape index (κ2) is 7.23. The Bertz CT molecular complexity index is 688. The Labute approximate surface area is 134 Å². The van der Waals surface area contributed by atoms with Crippen LogP contribution in [0.4, 0.5) is 5.69 Å². The van der Waals surface area contributed by atoms with E-state index in [1.807, 2.05) is 30.3 Å². The molecule has 2 aromatic carbocycles. The predicted molar refractivity (Wildman–Crippen MR) is 86.3 cm³/mol. The molecule has 2 atom stereocenters. The van der Waals surface area contributed by atoms with E-state index < -0.39 is 26.6 Å². The summed E-state index contributed by atoms with van der Waals surface area (Å²) >= 11 is -0.766. The second-order valence-corrected chi connectivity index (χ2v) is 8.01. The molecule has 0 saturated carbocycles. The number of nitro groups is 1. The standard InChI is InChI=1S/C16H16AsNO4/c1-2-14(11-6-4-3-5-7-11)17-15-9-8-12(18(21)22)10-13(15)16(19)20/h3-10,14,17H,2H2,1H3,(H,19,20). The quantitative estimate of drug-likeness (QED) is 0.487. The molecule has 22 heavy (non-hydrogen) atoms. The monoisotopic (exact) mass is 361 g/mol. The van der Waals surface area contributed by atoms with E-state index in [9.17, 15) is 20.0 Å². The molecule has 0 aliphatic carbocycles. The molecule has 5 nitrogen and oxygen atoms in total. The number of hydrogen-bond acceptors (Lipinski definition) is 3. The third-order valence-electron chi connectivity index (χ3n) is 3.38. The Morgan fingerprint density at radius 1 is 1.27 bits per heavy atom. The Morgan fingerprint density at radius 2 is 1.95 bits per heavy atom. The first-order valence-electron chi connectivity index (χ1n) is 6.86. The van der Waals surface area contributed by atoms with Gasteiger partial charge >= 0.3 is 134 Å².